The Morgan fingerprint density at radius 1 is 0.947 bits per heavy atom. The first-order valence-electron chi connectivity index (χ1n) is 5.77. The third-order valence-electron chi connectivity index (χ3n) is 2.47. The van der Waals surface area contributed by atoms with E-state index in [1.165, 1.54) is 0 Å². The summed E-state index contributed by atoms with van der Waals surface area (Å²) in [6.45, 7) is 3.97. The molecule has 0 aliphatic carbocycles. The van der Waals surface area contributed by atoms with E-state index in [1.54, 1.807) is 12.1 Å². The summed E-state index contributed by atoms with van der Waals surface area (Å²) in [6, 6.07) is 15.0. The predicted octanol–water partition coefficient (Wildman–Crippen LogP) is 5.82. The van der Waals surface area contributed by atoms with Crippen molar-refractivity contribution in [3.63, 3.8) is 0 Å². The summed E-state index contributed by atoms with van der Waals surface area (Å²) >= 11 is 7.03. The average Bonchev–Trinajstić information content (AvgIpc) is 2.34. The topological polar surface area (TPSA) is 26.3 Å². The van der Waals surface area contributed by atoms with E-state index < -0.39 is 5.92 Å². The molecule has 2 aromatic carbocycles. The molecule has 100 valence electrons. The smallest absolute Gasteiger partial charge is 0.398 e. The van der Waals surface area contributed by atoms with Crippen LogP contribution in [0.5, 0.6) is 5.75 Å². The fourth-order valence-electron chi connectivity index (χ4n) is 1.47. The zero-order valence-electron chi connectivity index (χ0n) is 10.7. The van der Waals surface area contributed by atoms with Crippen molar-refractivity contribution in [3.8, 4) is 5.75 Å². The van der Waals surface area contributed by atoms with Crippen LogP contribution in [0.4, 0.5) is 0 Å². The maximum Gasteiger partial charge on any atom is 0.398 e. The fraction of sp³-hybridized carbons (Fsp3) is 0.143. The van der Waals surface area contributed by atoms with Crippen LogP contribution in [-0.2, 0) is 4.57 Å². The van der Waals surface area contributed by atoms with E-state index in [0.29, 0.717) is 5.75 Å². The Morgan fingerprint density at radius 3 is 1.95 bits per heavy atom. The van der Waals surface area contributed by atoms with E-state index in [2.05, 4.69) is 0 Å². The molecule has 0 aromatic heterocycles. The third-order valence-corrected chi connectivity index (χ3v) is 5.94. The molecule has 0 saturated carbocycles. The number of hydrogen-bond donors (Lipinski definition) is 0. The highest BCUT2D eigenvalue weighted by molar-refractivity contribution is 8.63. The van der Waals surface area contributed by atoms with Gasteiger partial charge in [-0.05, 0) is 60.7 Å². The lowest BCUT2D eigenvalue weighted by Gasteiger charge is -2.12. The van der Waals surface area contributed by atoms with Crippen molar-refractivity contribution >= 4 is 28.5 Å². The maximum atomic E-state index is 12.2. The molecule has 5 heteroatoms. The molecule has 1 unspecified atom stereocenters. The zero-order valence-corrected chi connectivity index (χ0v) is 13.1. The van der Waals surface area contributed by atoms with Gasteiger partial charge >= 0.3 is 5.92 Å². The van der Waals surface area contributed by atoms with Gasteiger partial charge < -0.3 is 4.52 Å². The SMILES string of the molecule is Cc1ccc(OP(=O)(Cl)Sc2ccc(C)cc2)cc1. The number of halogens is 1. The molecule has 0 bridgehead atoms. The van der Waals surface area contributed by atoms with E-state index in [1.807, 2.05) is 50.2 Å². The van der Waals surface area contributed by atoms with Crippen LogP contribution in [0.25, 0.3) is 0 Å². The van der Waals surface area contributed by atoms with Gasteiger partial charge in [-0.15, -0.1) is 0 Å². The molecule has 0 aliphatic heterocycles. The standard InChI is InChI=1S/C14H14ClO2PS/c1-11-3-7-13(8-4-11)17-18(15,16)19-14-9-5-12(2)6-10-14/h3-10H,1-2H3. The molecular formula is C14H14ClO2PS. The molecule has 0 N–H and O–H groups in total. The first-order chi connectivity index (χ1) is 8.94. The summed E-state index contributed by atoms with van der Waals surface area (Å²) in [6.07, 6.45) is 0. The van der Waals surface area contributed by atoms with Gasteiger partial charge in [-0.25, -0.2) is 4.57 Å². The Bertz CT molecular complexity index is 544. The van der Waals surface area contributed by atoms with Gasteiger partial charge in [-0.3, -0.25) is 0 Å². The normalized spacial score (nSPS) is 13.8. The van der Waals surface area contributed by atoms with Gasteiger partial charge in [-0.1, -0.05) is 35.4 Å². The lowest BCUT2D eigenvalue weighted by atomic mass is 10.2. The number of aryl methyl sites for hydroxylation is 2. The molecule has 0 aliphatic rings. The zero-order chi connectivity index (χ0) is 13.9. The quantitative estimate of drug-likeness (QED) is 0.665. The van der Waals surface area contributed by atoms with Crippen LogP contribution in [-0.4, -0.2) is 0 Å². The monoisotopic (exact) mass is 312 g/mol. The van der Waals surface area contributed by atoms with Gasteiger partial charge in [-0.2, -0.15) is 0 Å². The van der Waals surface area contributed by atoms with Crippen LogP contribution in [0, 0.1) is 13.8 Å². The van der Waals surface area contributed by atoms with Gasteiger partial charge in [0.15, 0.2) is 0 Å². The maximum absolute atomic E-state index is 12.2. The summed E-state index contributed by atoms with van der Waals surface area (Å²) in [5.41, 5.74) is 2.26. The van der Waals surface area contributed by atoms with Crippen molar-refractivity contribution in [2.24, 2.45) is 0 Å². The molecule has 1 atom stereocenters. The second kappa shape index (κ2) is 6.04. The molecule has 0 fully saturated rings. The lowest BCUT2D eigenvalue weighted by Crippen LogP contribution is -1.84. The Balaban J connectivity index is 2.08. The first kappa shape index (κ1) is 14.5. The van der Waals surface area contributed by atoms with Crippen molar-refractivity contribution < 1.29 is 9.09 Å². The van der Waals surface area contributed by atoms with Gasteiger partial charge in [0.05, 0.1) is 0 Å². The second-order valence-corrected chi connectivity index (χ2v) is 9.86. The number of hydrogen-bond acceptors (Lipinski definition) is 3. The van der Waals surface area contributed by atoms with Crippen molar-refractivity contribution in [2.75, 3.05) is 0 Å². The van der Waals surface area contributed by atoms with Crippen molar-refractivity contribution in [1.82, 2.24) is 0 Å². The predicted molar refractivity (Wildman–Crippen MR) is 82.3 cm³/mol. The summed E-state index contributed by atoms with van der Waals surface area (Å²) in [5, 5.41) is 0. The molecule has 2 nitrogen and oxygen atoms in total. The van der Waals surface area contributed by atoms with Crippen LogP contribution in [0.1, 0.15) is 11.1 Å². The third kappa shape index (κ3) is 4.61. The molecule has 2 aromatic rings. The molecule has 2 rings (SSSR count). The molecule has 0 saturated heterocycles. The summed E-state index contributed by atoms with van der Waals surface area (Å²) in [7, 11) is 0. The molecule has 0 radical (unpaired) electrons. The van der Waals surface area contributed by atoms with E-state index in [-0.39, 0.29) is 0 Å². The van der Waals surface area contributed by atoms with Crippen LogP contribution in [0.3, 0.4) is 0 Å². The Kier molecular flexibility index (Phi) is 4.62. The minimum Gasteiger partial charge on any atom is -0.425 e. The average molecular weight is 313 g/mol. The van der Waals surface area contributed by atoms with E-state index >= 15 is 0 Å². The highest BCUT2D eigenvalue weighted by Crippen LogP contribution is 2.66. The van der Waals surface area contributed by atoms with Gasteiger partial charge in [0, 0.05) is 4.90 Å². The lowest BCUT2D eigenvalue weighted by molar-refractivity contribution is 0.514. The summed E-state index contributed by atoms with van der Waals surface area (Å²) < 4.78 is 17.6. The van der Waals surface area contributed by atoms with Crippen molar-refractivity contribution in [2.45, 2.75) is 18.7 Å². The molecular weight excluding hydrogens is 299 g/mol. The van der Waals surface area contributed by atoms with Crippen LogP contribution >= 0.6 is 28.5 Å². The fourth-order valence-corrected chi connectivity index (χ4v) is 4.84. The Morgan fingerprint density at radius 2 is 1.42 bits per heavy atom. The van der Waals surface area contributed by atoms with Gasteiger partial charge in [0.1, 0.15) is 5.75 Å². The first-order valence-corrected chi connectivity index (χ1v) is 9.72. The van der Waals surface area contributed by atoms with Crippen LogP contribution in [0.2, 0.25) is 0 Å². The number of rotatable bonds is 4. The Hall–Kier alpha value is -0.890. The summed E-state index contributed by atoms with van der Waals surface area (Å²) in [4.78, 5) is 0.830. The van der Waals surface area contributed by atoms with Crippen LogP contribution in [0.15, 0.2) is 53.4 Å². The van der Waals surface area contributed by atoms with Crippen LogP contribution < -0.4 is 4.52 Å². The highest BCUT2D eigenvalue weighted by atomic mass is 35.7. The summed E-state index contributed by atoms with van der Waals surface area (Å²) in [5.74, 6) is -2.76. The molecule has 0 spiro atoms. The highest BCUT2D eigenvalue weighted by Gasteiger charge is 2.23. The van der Waals surface area contributed by atoms with Gasteiger partial charge in [0.25, 0.3) is 0 Å². The minimum atomic E-state index is -3.28. The van der Waals surface area contributed by atoms with E-state index in [4.69, 9.17) is 15.8 Å². The van der Waals surface area contributed by atoms with Gasteiger partial charge in [0.2, 0.25) is 0 Å². The molecule has 0 amide bonds. The van der Waals surface area contributed by atoms with Crippen molar-refractivity contribution in [3.05, 3.63) is 59.7 Å². The number of benzene rings is 2. The van der Waals surface area contributed by atoms with Crippen molar-refractivity contribution in [1.29, 1.82) is 0 Å². The Labute approximate surface area is 122 Å². The molecule has 19 heavy (non-hydrogen) atoms. The second-order valence-electron chi connectivity index (χ2n) is 4.24. The minimum absolute atomic E-state index is 0.517. The van der Waals surface area contributed by atoms with E-state index in [0.717, 1.165) is 27.4 Å². The van der Waals surface area contributed by atoms with E-state index in [9.17, 15) is 4.57 Å². The molecule has 0 heterocycles. The largest absolute Gasteiger partial charge is 0.425 e.